The van der Waals surface area contributed by atoms with Gasteiger partial charge >= 0.3 is 0 Å². The molecule has 2 atom stereocenters. The molecule has 0 aliphatic rings. The third kappa shape index (κ3) is 5.89. The minimum atomic E-state index is 0.252. The van der Waals surface area contributed by atoms with Gasteiger partial charge in [-0.1, -0.05) is 20.8 Å². The van der Waals surface area contributed by atoms with Crippen LogP contribution in [-0.4, -0.2) is 30.8 Å². The highest BCUT2D eigenvalue weighted by Crippen LogP contribution is 2.32. The lowest BCUT2D eigenvalue weighted by atomic mass is 9.88. The molecule has 0 aromatic heterocycles. The van der Waals surface area contributed by atoms with Crippen LogP contribution in [0.4, 0.5) is 0 Å². The molecule has 86 valence electrons. The van der Waals surface area contributed by atoms with E-state index in [-0.39, 0.29) is 11.5 Å². The number of hydrogen-bond donors (Lipinski definition) is 1. The van der Waals surface area contributed by atoms with Gasteiger partial charge < -0.3 is 10.5 Å². The van der Waals surface area contributed by atoms with Crippen LogP contribution in [-0.2, 0) is 4.74 Å². The van der Waals surface area contributed by atoms with Gasteiger partial charge in [-0.2, -0.15) is 11.8 Å². The fraction of sp³-hybridized carbons (Fsp3) is 1.00. The SMILES string of the molecule is COCCCSC(C(C)N)C(C)(C)C. The second-order valence-corrected chi connectivity index (χ2v) is 6.11. The molecule has 0 aromatic rings. The van der Waals surface area contributed by atoms with Gasteiger partial charge in [0.2, 0.25) is 0 Å². The Morgan fingerprint density at radius 3 is 2.29 bits per heavy atom. The monoisotopic (exact) mass is 219 g/mol. The van der Waals surface area contributed by atoms with Gasteiger partial charge in [0.05, 0.1) is 0 Å². The van der Waals surface area contributed by atoms with Crippen LogP contribution in [0.3, 0.4) is 0 Å². The van der Waals surface area contributed by atoms with Crippen molar-refractivity contribution < 1.29 is 4.74 Å². The summed E-state index contributed by atoms with van der Waals surface area (Å²) in [4.78, 5) is 0. The van der Waals surface area contributed by atoms with Crippen molar-refractivity contribution in [3.8, 4) is 0 Å². The Balaban J connectivity index is 3.87. The maximum atomic E-state index is 5.99. The van der Waals surface area contributed by atoms with E-state index in [4.69, 9.17) is 10.5 Å². The fourth-order valence-electron chi connectivity index (χ4n) is 1.60. The predicted octanol–water partition coefficient (Wildman–Crippen LogP) is 2.52. The number of methoxy groups -OCH3 is 1. The highest BCUT2D eigenvalue weighted by atomic mass is 32.2. The number of thioether (sulfide) groups is 1. The minimum Gasteiger partial charge on any atom is -0.385 e. The van der Waals surface area contributed by atoms with Crippen molar-refractivity contribution in [2.24, 2.45) is 11.1 Å². The molecule has 0 heterocycles. The predicted molar refractivity (Wildman–Crippen MR) is 65.8 cm³/mol. The van der Waals surface area contributed by atoms with Crippen LogP contribution in [0.25, 0.3) is 0 Å². The molecule has 0 amide bonds. The quantitative estimate of drug-likeness (QED) is 0.697. The normalized spacial score (nSPS) is 16.7. The van der Waals surface area contributed by atoms with Gasteiger partial charge in [-0.3, -0.25) is 0 Å². The van der Waals surface area contributed by atoms with Gasteiger partial charge in [-0.25, -0.2) is 0 Å². The number of nitrogens with two attached hydrogens (primary N) is 1. The lowest BCUT2D eigenvalue weighted by Gasteiger charge is -2.33. The summed E-state index contributed by atoms with van der Waals surface area (Å²) in [6.45, 7) is 9.71. The Morgan fingerprint density at radius 1 is 1.36 bits per heavy atom. The van der Waals surface area contributed by atoms with E-state index in [0.29, 0.717) is 5.25 Å². The van der Waals surface area contributed by atoms with Gasteiger partial charge in [-0.15, -0.1) is 0 Å². The van der Waals surface area contributed by atoms with Crippen molar-refractivity contribution in [1.82, 2.24) is 0 Å². The van der Waals surface area contributed by atoms with Crippen molar-refractivity contribution >= 4 is 11.8 Å². The third-order valence-corrected chi connectivity index (χ3v) is 4.14. The Morgan fingerprint density at radius 2 is 1.93 bits per heavy atom. The molecular formula is C11H25NOS. The fourth-order valence-corrected chi connectivity index (χ4v) is 2.95. The van der Waals surface area contributed by atoms with E-state index in [1.54, 1.807) is 7.11 Å². The molecule has 3 heteroatoms. The molecular weight excluding hydrogens is 194 g/mol. The Labute approximate surface area is 93.0 Å². The molecule has 0 spiro atoms. The molecule has 2 N–H and O–H groups in total. The Kier molecular flexibility index (Phi) is 6.83. The highest BCUT2D eigenvalue weighted by Gasteiger charge is 2.27. The van der Waals surface area contributed by atoms with E-state index >= 15 is 0 Å². The van der Waals surface area contributed by atoms with Crippen molar-refractivity contribution in [1.29, 1.82) is 0 Å². The van der Waals surface area contributed by atoms with Crippen LogP contribution in [0.5, 0.6) is 0 Å². The smallest absolute Gasteiger partial charge is 0.0470 e. The molecule has 0 rings (SSSR count). The lowest BCUT2D eigenvalue weighted by Crippen LogP contribution is -2.39. The molecule has 0 saturated carbocycles. The van der Waals surface area contributed by atoms with Gasteiger partial charge in [0, 0.05) is 25.0 Å². The van der Waals surface area contributed by atoms with E-state index in [0.717, 1.165) is 18.8 Å². The maximum absolute atomic E-state index is 5.99. The first kappa shape index (κ1) is 14.3. The average Bonchev–Trinajstić information content (AvgIpc) is 2.01. The summed E-state index contributed by atoms with van der Waals surface area (Å²) in [6.07, 6.45) is 1.11. The first-order valence-corrected chi connectivity index (χ1v) is 6.30. The standard InChI is InChI=1S/C11H25NOS/c1-9(12)10(11(2,3)4)14-8-6-7-13-5/h9-10H,6-8,12H2,1-5H3. The molecule has 0 aliphatic carbocycles. The topological polar surface area (TPSA) is 35.2 Å². The molecule has 0 aliphatic heterocycles. The van der Waals surface area contributed by atoms with E-state index in [9.17, 15) is 0 Å². The summed E-state index contributed by atoms with van der Waals surface area (Å²) < 4.78 is 5.03. The van der Waals surface area contributed by atoms with Crippen LogP contribution < -0.4 is 5.73 Å². The zero-order valence-corrected chi connectivity index (χ0v) is 11.0. The number of ether oxygens (including phenoxy) is 1. The second-order valence-electron chi connectivity index (χ2n) is 4.86. The molecule has 0 aromatic carbocycles. The summed E-state index contributed by atoms with van der Waals surface area (Å²) in [5.41, 5.74) is 6.27. The summed E-state index contributed by atoms with van der Waals surface area (Å²) in [7, 11) is 1.75. The van der Waals surface area contributed by atoms with Crippen molar-refractivity contribution in [3.63, 3.8) is 0 Å². The van der Waals surface area contributed by atoms with Crippen molar-refractivity contribution in [3.05, 3.63) is 0 Å². The summed E-state index contributed by atoms with van der Waals surface area (Å²) >= 11 is 1.97. The van der Waals surface area contributed by atoms with E-state index in [2.05, 4.69) is 27.7 Å². The van der Waals surface area contributed by atoms with Crippen LogP contribution >= 0.6 is 11.8 Å². The second kappa shape index (κ2) is 6.70. The Bertz CT molecular complexity index is 143. The summed E-state index contributed by atoms with van der Waals surface area (Å²) in [5, 5.41) is 0.527. The van der Waals surface area contributed by atoms with Crippen LogP contribution in [0.2, 0.25) is 0 Å². The molecule has 0 fully saturated rings. The van der Waals surface area contributed by atoms with E-state index in [1.807, 2.05) is 11.8 Å². The molecule has 0 radical (unpaired) electrons. The zero-order valence-electron chi connectivity index (χ0n) is 10.2. The van der Waals surface area contributed by atoms with Gasteiger partial charge in [0.1, 0.15) is 0 Å². The Hall–Kier alpha value is 0.270. The third-order valence-electron chi connectivity index (χ3n) is 2.12. The number of rotatable bonds is 6. The number of hydrogen-bond acceptors (Lipinski definition) is 3. The average molecular weight is 219 g/mol. The molecule has 2 nitrogen and oxygen atoms in total. The van der Waals surface area contributed by atoms with Crippen molar-refractivity contribution in [2.75, 3.05) is 19.5 Å². The van der Waals surface area contributed by atoms with Crippen LogP contribution in [0.15, 0.2) is 0 Å². The highest BCUT2D eigenvalue weighted by molar-refractivity contribution is 8.00. The lowest BCUT2D eigenvalue weighted by molar-refractivity contribution is 0.200. The minimum absolute atomic E-state index is 0.252. The largest absolute Gasteiger partial charge is 0.385 e. The van der Waals surface area contributed by atoms with Crippen LogP contribution in [0, 0.1) is 5.41 Å². The van der Waals surface area contributed by atoms with Gasteiger partial charge in [0.25, 0.3) is 0 Å². The maximum Gasteiger partial charge on any atom is 0.0470 e. The first-order valence-electron chi connectivity index (χ1n) is 5.25. The summed E-state index contributed by atoms with van der Waals surface area (Å²) in [6, 6.07) is 0.252. The molecule has 0 bridgehead atoms. The van der Waals surface area contributed by atoms with E-state index < -0.39 is 0 Å². The first-order chi connectivity index (χ1) is 6.39. The zero-order chi connectivity index (χ0) is 11.2. The van der Waals surface area contributed by atoms with Crippen LogP contribution in [0.1, 0.15) is 34.1 Å². The van der Waals surface area contributed by atoms with Gasteiger partial charge in [-0.05, 0) is 24.5 Å². The van der Waals surface area contributed by atoms with Gasteiger partial charge in [0.15, 0.2) is 0 Å². The molecule has 2 unspecified atom stereocenters. The summed E-state index contributed by atoms with van der Waals surface area (Å²) in [5.74, 6) is 1.14. The van der Waals surface area contributed by atoms with E-state index in [1.165, 1.54) is 0 Å². The van der Waals surface area contributed by atoms with Crippen molar-refractivity contribution in [2.45, 2.75) is 45.4 Å². The molecule has 0 saturated heterocycles. The molecule has 14 heavy (non-hydrogen) atoms.